The van der Waals surface area contributed by atoms with E-state index in [1.54, 1.807) is 37.6 Å². The smallest absolute Gasteiger partial charge is 0.238 e. The number of anilines is 1. The van der Waals surface area contributed by atoms with Crippen LogP contribution in [-0.4, -0.2) is 35.6 Å². The minimum absolute atomic E-state index is 0.0713. The highest BCUT2D eigenvalue weighted by Crippen LogP contribution is 2.23. The molecule has 1 aliphatic heterocycles. The molecule has 2 aromatic carbocycles. The average Bonchev–Trinajstić information content (AvgIpc) is 2.68. The fourth-order valence-corrected chi connectivity index (χ4v) is 3.29. The van der Waals surface area contributed by atoms with Crippen molar-refractivity contribution < 1.29 is 14.3 Å². The fourth-order valence-electron chi connectivity index (χ4n) is 2.35. The molecular formula is C19H18N4O3S. The number of nitrogens with one attached hydrogen (secondary N) is 2. The van der Waals surface area contributed by atoms with Crippen LogP contribution in [0.3, 0.4) is 0 Å². The van der Waals surface area contributed by atoms with Gasteiger partial charge in [0.1, 0.15) is 11.0 Å². The van der Waals surface area contributed by atoms with Crippen LogP contribution in [-0.2, 0) is 9.59 Å². The number of amides is 2. The number of carbonyl (C=O) groups is 2. The highest BCUT2D eigenvalue weighted by Gasteiger charge is 2.30. The van der Waals surface area contributed by atoms with Gasteiger partial charge in [-0.3, -0.25) is 9.59 Å². The zero-order valence-electron chi connectivity index (χ0n) is 14.6. The first-order chi connectivity index (χ1) is 13.1. The summed E-state index contributed by atoms with van der Waals surface area (Å²) in [6.07, 6.45) is 1.65. The molecule has 1 atom stereocenters. The zero-order valence-corrected chi connectivity index (χ0v) is 15.4. The molecule has 8 heteroatoms. The molecule has 1 heterocycles. The van der Waals surface area contributed by atoms with Gasteiger partial charge in [-0.25, -0.2) is 0 Å². The maximum Gasteiger partial charge on any atom is 0.238 e. The summed E-state index contributed by atoms with van der Waals surface area (Å²) in [6, 6.07) is 16.5. The third-order valence-electron chi connectivity index (χ3n) is 3.66. The summed E-state index contributed by atoms with van der Waals surface area (Å²) >= 11 is 1.17. The van der Waals surface area contributed by atoms with Crippen LogP contribution in [0.25, 0.3) is 0 Å². The minimum atomic E-state index is -0.587. The van der Waals surface area contributed by atoms with Crippen molar-refractivity contribution in [3.63, 3.8) is 0 Å². The van der Waals surface area contributed by atoms with Crippen molar-refractivity contribution in [2.75, 3.05) is 12.4 Å². The lowest BCUT2D eigenvalue weighted by molar-refractivity contribution is -0.123. The van der Waals surface area contributed by atoms with Gasteiger partial charge in [0.25, 0.3) is 0 Å². The van der Waals surface area contributed by atoms with E-state index in [0.29, 0.717) is 16.6 Å². The number of methoxy groups -OCH3 is 1. The van der Waals surface area contributed by atoms with Gasteiger partial charge in [0.15, 0.2) is 5.17 Å². The third kappa shape index (κ3) is 5.42. The Kier molecular flexibility index (Phi) is 6.22. The molecule has 0 aliphatic carbocycles. The number of hydrogen-bond donors (Lipinski definition) is 2. The lowest BCUT2D eigenvalue weighted by atomic mass is 10.2. The molecule has 0 saturated carbocycles. The van der Waals surface area contributed by atoms with Gasteiger partial charge in [-0.05, 0) is 17.7 Å². The van der Waals surface area contributed by atoms with Gasteiger partial charge >= 0.3 is 0 Å². The number of nitrogens with zero attached hydrogens (tertiary/aromatic N) is 2. The number of benzene rings is 2. The Hall–Kier alpha value is -3.13. The Morgan fingerprint density at radius 2 is 2.07 bits per heavy atom. The van der Waals surface area contributed by atoms with Crippen molar-refractivity contribution >= 4 is 40.6 Å². The molecule has 27 heavy (non-hydrogen) atoms. The normalized spacial score (nSPS) is 18.3. The lowest BCUT2D eigenvalue weighted by Crippen LogP contribution is -2.41. The highest BCUT2D eigenvalue weighted by molar-refractivity contribution is 8.15. The molecule has 0 bridgehead atoms. The Labute approximate surface area is 160 Å². The molecule has 7 nitrogen and oxygen atoms in total. The van der Waals surface area contributed by atoms with Gasteiger partial charge < -0.3 is 15.4 Å². The molecule has 2 amide bonds. The van der Waals surface area contributed by atoms with E-state index in [1.807, 2.05) is 30.3 Å². The summed E-state index contributed by atoms with van der Waals surface area (Å²) in [4.78, 5) is 24.4. The number of ether oxygens (including phenoxy) is 1. The summed E-state index contributed by atoms with van der Waals surface area (Å²) in [7, 11) is 1.56. The average molecular weight is 382 g/mol. The topological polar surface area (TPSA) is 92.1 Å². The van der Waals surface area contributed by atoms with Gasteiger partial charge in [0.05, 0.1) is 13.3 Å². The van der Waals surface area contributed by atoms with E-state index in [9.17, 15) is 9.59 Å². The van der Waals surface area contributed by atoms with E-state index in [2.05, 4.69) is 20.8 Å². The van der Waals surface area contributed by atoms with Gasteiger partial charge in [0.2, 0.25) is 11.8 Å². The van der Waals surface area contributed by atoms with Gasteiger partial charge in [-0.2, -0.15) is 5.10 Å². The number of hydrogen-bond acceptors (Lipinski definition) is 6. The largest absolute Gasteiger partial charge is 0.497 e. The molecule has 1 saturated heterocycles. The second-order valence-electron chi connectivity index (χ2n) is 5.64. The Balaban J connectivity index is 1.65. The summed E-state index contributed by atoms with van der Waals surface area (Å²) in [6.45, 7) is 0. The quantitative estimate of drug-likeness (QED) is 0.614. The van der Waals surface area contributed by atoms with Crippen LogP contribution in [0, 0.1) is 0 Å². The Morgan fingerprint density at radius 3 is 2.85 bits per heavy atom. The number of carbonyl (C=O) groups excluding carboxylic acids is 2. The maximum atomic E-state index is 12.5. The summed E-state index contributed by atoms with van der Waals surface area (Å²) in [5, 5.41) is 13.1. The van der Waals surface area contributed by atoms with Crippen LogP contribution in [0.4, 0.5) is 5.69 Å². The van der Waals surface area contributed by atoms with E-state index < -0.39 is 5.25 Å². The number of rotatable bonds is 5. The molecule has 2 aromatic rings. The highest BCUT2D eigenvalue weighted by atomic mass is 32.2. The van der Waals surface area contributed by atoms with Crippen LogP contribution < -0.4 is 15.4 Å². The molecule has 2 N–H and O–H groups in total. The molecule has 1 aliphatic rings. The molecule has 3 rings (SSSR count). The van der Waals surface area contributed by atoms with Crippen molar-refractivity contribution in [3.05, 3.63) is 60.2 Å². The Morgan fingerprint density at radius 1 is 1.26 bits per heavy atom. The van der Waals surface area contributed by atoms with E-state index in [0.717, 1.165) is 5.56 Å². The molecule has 0 spiro atoms. The number of amidine groups is 1. The van der Waals surface area contributed by atoms with Crippen molar-refractivity contribution in [2.24, 2.45) is 10.2 Å². The van der Waals surface area contributed by atoms with E-state index >= 15 is 0 Å². The fraction of sp³-hybridized carbons (Fsp3) is 0.158. The molecule has 138 valence electrons. The summed E-state index contributed by atoms with van der Waals surface area (Å²) in [5.41, 5.74) is 1.49. The van der Waals surface area contributed by atoms with Gasteiger partial charge in [-0.15, -0.1) is 5.10 Å². The van der Waals surface area contributed by atoms with Crippen molar-refractivity contribution in [1.29, 1.82) is 0 Å². The second kappa shape index (κ2) is 9.00. The van der Waals surface area contributed by atoms with Crippen molar-refractivity contribution in [2.45, 2.75) is 11.7 Å². The minimum Gasteiger partial charge on any atom is -0.497 e. The van der Waals surface area contributed by atoms with Gasteiger partial charge in [-0.1, -0.05) is 48.2 Å². The first kappa shape index (κ1) is 18.7. The van der Waals surface area contributed by atoms with Crippen LogP contribution in [0.5, 0.6) is 5.75 Å². The van der Waals surface area contributed by atoms with Crippen LogP contribution in [0.2, 0.25) is 0 Å². The summed E-state index contributed by atoms with van der Waals surface area (Å²) in [5.74, 6) is 0.0930. The van der Waals surface area contributed by atoms with Crippen molar-refractivity contribution in [3.8, 4) is 5.75 Å². The standard InChI is InChI=1S/C19H18N4O3S/c1-26-15-9-5-8-14(10-15)21-18(25)16-11-17(24)22-19(27-16)23-20-12-13-6-3-2-4-7-13/h2-10,12,16H,11H2,1H3,(H,21,25)(H,22,23,24)/b20-12-/t16-/m1/s1. The van der Waals surface area contributed by atoms with E-state index in [4.69, 9.17) is 4.74 Å². The number of thioether (sulfide) groups is 1. The van der Waals surface area contributed by atoms with Crippen LogP contribution in [0.1, 0.15) is 12.0 Å². The first-order valence-corrected chi connectivity index (χ1v) is 9.09. The zero-order chi connectivity index (χ0) is 19.1. The van der Waals surface area contributed by atoms with Crippen LogP contribution >= 0.6 is 11.8 Å². The Bertz CT molecular complexity index is 884. The monoisotopic (exact) mass is 382 g/mol. The first-order valence-electron chi connectivity index (χ1n) is 8.21. The predicted octanol–water partition coefficient (Wildman–Crippen LogP) is 2.65. The van der Waals surface area contributed by atoms with E-state index in [-0.39, 0.29) is 18.2 Å². The van der Waals surface area contributed by atoms with E-state index in [1.165, 1.54) is 11.8 Å². The maximum absolute atomic E-state index is 12.5. The molecule has 0 radical (unpaired) electrons. The second-order valence-corrected chi connectivity index (χ2v) is 6.83. The van der Waals surface area contributed by atoms with Gasteiger partial charge in [0, 0.05) is 18.2 Å². The predicted molar refractivity (Wildman–Crippen MR) is 107 cm³/mol. The molecular weight excluding hydrogens is 364 g/mol. The SMILES string of the molecule is COc1cccc(NC(=O)[C@H]2CC(=O)NC(=N/N=C\c3ccccc3)S2)c1. The summed E-state index contributed by atoms with van der Waals surface area (Å²) < 4.78 is 5.14. The molecule has 1 fully saturated rings. The molecule has 0 aromatic heterocycles. The molecule has 0 unspecified atom stereocenters. The van der Waals surface area contributed by atoms with Crippen LogP contribution in [0.15, 0.2) is 64.8 Å². The van der Waals surface area contributed by atoms with Crippen molar-refractivity contribution in [1.82, 2.24) is 5.32 Å². The third-order valence-corrected chi connectivity index (χ3v) is 4.73. The lowest BCUT2D eigenvalue weighted by Gasteiger charge is -2.21.